The van der Waals surface area contributed by atoms with E-state index < -0.39 is 46.6 Å². The largest absolute Gasteiger partial charge is 0.380 e. The summed E-state index contributed by atoms with van der Waals surface area (Å²) in [5.41, 5.74) is -1.24. The third-order valence-electron chi connectivity index (χ3n) is 6.15. The Morgan fingerprint density at radius 3 is 1.85 bits per heavy atom. The van der Waals surface area contributed by atoms with Crippen LogP contribution in [0.3, 0.4) is 0 Å². The zero-order chi connectivity index (χ0) is 30.8. The fraction of sp³-hybridized carbons (Fsp3) is 0.786. The number of nitrogens with one attached hydrogen (secondary N) is 3. The minimum absolute atomic E-state index is 0.0264. The van der Waals surface area contributed by atoms with Crippen molar-refractivity contribution in [2.24, 2.45) is 22.7 Å². The van der Waals surface area contributed by atoms with Crippen LogP contribution in [0, 0.1) is 22.7 Å². The number of carbonyl (C=O) groups excluding carboxylic acids is 6. The van der Waals surface area contributed by atoms with Crippen LogP contribution in [-0.2, 0) is 38.3 Å². The first-order valence-electron chi connectivity index (χ1n) is 13.9. The van der Waals surface area contributed by atoms with E-state index >= 15 is 0 Å². The van der Waals surface area contributed by atoms with Crippen LogP contribution in [0.25, 0.3) is 0 Å². The van der Waals surface area contributed by atoms with Gasteiger partial charge in [-0.1, -0.05) is 55.4 Å². The minimum atomic E-state index is -0.816. The Kier molecular flexibility index (Phi) is 13.2. The van der Waals surface area contributed by atoms with E-state index in [1.807, 2.05) is 41.5 Å². The smallest absolute Gasteiger partial charge is 0.333 e. The molecule has 1 fully saturated rings. The standard InChI is InChI=1S/C28H48N4O8/c1-17(2)14-29-25(37)19(5)30-26(38)24(18(3)4)31-20(33)12-27(6,7)15-39-16-28(8,9)13-23(36)40-32-21(34)10-11-22(32)35/h17-19,24H,10-16H2,1-9H3,(H,29,37)(H,30,38)(H,31,33)/t19-,24-/m0/s1. The van der Waals surface area contributed by atoms with E-state index in [1.54, 1.807) is 20.8 Å². The molecule has 40 heavy (non-hydrogen) atoms. The summed E-state index contributed by atoms with van der Waals surface area (Å²) in [7, 11) is 0. The Bertz CT molecular complexity index is 929. The normalized spacial score (nSPS) is 15.7. The van der Waals surface area contributed by atoms with Crippen molar-refractivity contribution in [3.63, 3.8) is 0 Å². The van der Waals surface area contributed by atoms with Crippen LogP contribution in [0.15, 0.2) is 0 Å². The van der Waals surface area contributed by atoms with Crippen LogP contribution < -0.4 is 16.0 Å². The van der Waals surface area contributed by atoms with Crippen molar-refractivity contribution < 1.29 is 38.3 Å². The highest BCUT2D eigenvalue weighted by molar-refractivity contribution is 6.01. The maximum Gasteiger partial charge on any atom is 0.333 e. The SMILES string of the molecule is CC(C)CNC(=O)[C@H](C)NC(=O)[C@@H](NC(=O)CC(C)(C)COCC(C)(C)CC(=O)ON1C(=O)CCC1=O)C(C)C. The summed E-state index contributed by atoms with van der Waals surface area (Å²) < 4.78 is 5.84. The maximum atomic E-state index is 12.9. The van der Waals surface area contributed by atoms with Gasteiger partial charge in [0.05, 0.1) is 19.6 Å². The molecule has 0 aromatic rings. The molecule has 0 aliphatic carbocycles. The van der Waals surface area contributed by atoms with Crippen LogP contribution in [0.2, 0.25) is 0 Å². The molecule has 1 rings (SSSR count). The topological polar surface area (TPSA) is 160 Å². The number of carbonyl (C=O) groups is 6. The average molecular weight is 569 g/mol. The van der Waals surface area contributed by atoms with Gasteiger partial charge in [-0.15, -0.1) is 5.06 Å². The summed E-state index contributed by atoms with van der Waals surface area (Å²) in [5, 5.41) is 8.76. The number of imide groups is 1. The second-order valence-corrected chi connectivity index (χ2v) is 12.9. The molecule has 12 nitrogen and oxygen atoms in total. The van der Waals surface area contributed by atoms with E-state index in [0.29, 0.717) is 11.6 Å². The fourth-order valence-corrected chi connectivity index (χ4v) is 3.91. The van der Waals surface area contributed by atoms with Crippen molar-refractivity contribution in [2.45, 2.75) is 100 Å². The second kappa shape index (κ2) is 15.1. The van der Waals surface area contributed by atoms with Crippen LogP contribution >= 0.6 is 0 Å². The highest BCUT2D eigenvalue weighted by Gasteiger charge is 2.35. The van der Waals surface area contributed by atoms with Gasteiger partial charge in [0.2, 0.25) is 17.7 Å². The van der Waals surface area contributed by atoms with Crippen LogP contribution in [0.5, 0.6) is 0 Å². The Hall–Kier alpha value is -3.02. The molecule has 0 saturated carbocycles. The van der Waals surface area contributed by atoms with Gasteiger partial charge in [0, 0.05) is 25.8 Å². The summed E-state index contributed by atoms with van der Waals surface area (Å²) in [6.07, 6.45) is 0.0524. The van der Waals surface area contributed by atoms with Crippen molar-refractivity contribution in [1.29, 1.82) is 0 Å². The molecule has 0 aromatic heterocycles. The highest BCUT2D eigenvalue weighted by Crippen LogP contribution is 2.26. The number of hydrogen-bond donors (Lipinski definition) is 3. The Morgan fingerprint density at radius 1 is 0.825 bits per heavy atom. The van der Waals surface area contributed by atoms with Gasteiger partial charge in [0.1, 0.15) is 12.1 Å². The fourth-order valence-electron chi connectivity index (χ4n) is 3.91. The molecule has 0 bridgehead atoms. The van der Waals surface area contributed by atoms with Crippen molar-refractivity contribution in [3.8, 4) is 0 Å². The number of ether oxygens (including phenoxy) is 1. The van der Waals surface area contributed by atoms with Gasteiger partial charge in [-0.05, 0) is 29.6 Å². The van der Waals surface area contributed by atoms with Crippen molar-refractivity contribution in [1.82, 2.24) is 21.0 Å². The molecular weight excluding hydrogens is 520 g/mol. The predicted molar refractivity (Wildman–Crippen MR) is 147 cm³/mol. The lowest BCUT2D eigenvalue weighted by molar-refractivity contribution is -0.199. The molecule has 5 amide bonds. The van der Waals surface area contributed by atoms with E-state index in [4.69, 9.17) is 9.57 Å². The van der Waals surface area contributed by atoms with Gasteiger partial charge in [-0.25, -0.2) is 4.79 Å². The van der Waals surface area contributed by atoms with E-state index in [9.17, 15) is 28.8 Å². The van der Waals surface area contributed by atoms with Gasteiger partial charge in [0.15, 0.2) is 0 Å². The van der Waals surface area contributed by atoms with Gasteiger partial charge >= 0.3 is 5.97 Å². The molecule has 2 atom stereocenters. The zero-order valence-electron chi connectivity index (χ0n) is 25.5. The number of amides is 5. The third-order valence-corrected chi connectivity index (χ3v) is 6.15. The van der Waals surface area contributed by atoms with Crippen LogP contribution in [0.1, 0.15) is 88.0 Å². The number of nitrogens with zero attached hydrogens (tertiary/aromatic N) is 1. The van der Waals surface area contributed by atoms with Crippen molar-refractivity contribution >= 4 is 35.5 Å². The van der Waals surface area contributed by atoms with Crippen LogP contribution in [-0.4, -0.2) is 72.4 Å². The lowest BCUT2D eigenvalue weighted by Crippen LogP contribution is -2.55. The summed E-state index contributed by atoms with van der Waals surface area (Å²) in [6, 6.07) is -1.56. The Labute approximate surface area is 237 Å². The molecule has 0 radical (unpaired) electrons. The van der Waals surface area contributed by atoms with E-state index in [2.05, 4.69) is 16.0 Å². The predicted octanol–water partition coefficient (Wildman–Crippen LogP) is 1.86. The molecule has 0 unspecified atom stereocenters. The molecule has 0 aromatic carbocycles. The molecule has 0 spiro atoms. The molecule has 1 aliphatic heterocycles. The first-order chi connectivity index (χ1) is 18.3. The monoisotopic (exact) mass is 568 g/mol. The lowest BCUT2D eigenvalue weighted by atomic mass is 9.88. The minimum Gasteiger partial charge on any atom is -0.380 e. The summed E-state index contributed by atoms with van der Waals surface area (Å²) in [4.78, 5) is 78.4. The van der Waals surface area contributed by atoms with Gasteiger partial charge in [-0.3, -0.25) is 24.0 Å². The highest BCUT2D eigenvalue weighted by atomic mass is 16.7. The molecule has 3 N–H and O–H groups in total. The molecule has 1 aliphatic rings. The van der Waals surface area contributed by atoms with E-state index in [-0.39, 0.29) is 62.5 Å². The number of rotatable bonds is 16. The zero-order valence-corrected chi connectivity index (χ0v) is 25.5. The lowest BCUT2D eigenvalue weighted by Gasteiger charge is -2.29. The summed E-state index contributed by atoms with van der Waals surface area (Å²) in [5.74, 6) is -2.76. The Balaban J connectivity index is 2.56. The van der Waals surface area contributed by atoms with Crippen molar-refractivity contribution in [3.05, 3.63) is 0 Å². The third kappa shape index (κ3) is 12.4. The molecule has 1 heterocycles. The second-order valence-electron chi connectivity index (χ2n) is 12.9. The van der Waals surface area contributed by atoms with Gasteiger partial charge in [-0.2, -0.15) is 0 Å². The quantitative estimate of drug-likeness (QED) is 0.238. The molecule has 12 heteroatoms. The molecular formula is C28H48N4O8. The Morgan fingerprint density at radius 2 is 1.35 bits per heavy atom. The van der Waals surface area contributed by atoms with E-state index in [1.165, 1.54) is 0 Å². The van der Waals surface area contributed by atoms with Gasteiger partial charge < -0.3 is 25.5 Å². The summed E-state index contributed by atoms with van der Waals surface area (Å²) in [6.45, 7) is 17.3. The van der Waals surface area contributed by atoms with Crippen molar-refractivity contribution in [2.75, 3.05) is 19.8 Å². The first kappa shape index (κ1) is 35.0. The van der Waals surface area contributed by atoms with Crippen LogP contribution in [0.4, 0.5) is 0 Å². The maximum absolute atomic E-state index is 12.9. The number of hydroxylamine groups is 2. The van der Waals surface area contributed by atoms with E-state index in [0.717, 1.165) is 0 Å². The first-order valence-corrected chi connectivity index (χ1v) is 13.9. The summed E-state index contributed by atoms with van der Waals surface area (Å²) >= 11 is 0. The van der Waals surface area contributed by atoms with Gasteiger partial charge in [0.25, 0.3) is 11.8 Å². The number of hydrogen-bond acceptors (Lipinski definition) is 8. The average Bonchev–Trinajstić information content (AvgIpc) is 3.11. The molecule has 228 valence electrons. The molecule has 1 saturated heterocycles.